The lowest BCUT2D eigenvalue weighted by molar-refractivity contribution is -0.385. The number of esters is 1. The number of carbonyl (C=O) groups excluding carboxylic acids is 2. The van der Waals surface area contributed by atoms with E-state index in [0.717, 1.165) is 6.07 Å². The summed E-state index contributed by atoms with van der Waals surface area (Å²) in [5.41, 5.74) is 0.238. The van der Waals surface area contributed by atoms with Gasteiger partial charge in [0, 0.05) is 12.6 Å². The van der Waals surface area contributed by atoms with Crippen LogP contribution in [0.1, 0.15) is 22.8 Å². The average Bonchev–Trinajstić information content (AvgIpc) is 2.66. The Bertz CT molecular complexity index is 838. The molecule has 0 radical (unpaired) electrons. The highest BCUT2D eigenvalue weighted by molar-refractivity contribution is 5.92. The third-order valence-corrected chi connectivity index (χ3v) is 3.43. The number of nitro benzene ring substituents is 1. The minimum absolute atomic E-state index is 0.0380. The van der Waals surface area contributed by atoms with E-state index in [1.807, 2.05) is 0 Å². The summed E-state index contributed by atoms with van der Waals surface area (Å²) in [6, 6.07) is 9.20. The summed E-state index contributed by atoms with van der Waals surface area (Å²) < 4.78 is 22.8. The number of carbonyl (C=O) groups is 2. The number of amides is 1. The molecule has 0 saturated carbocycles. The first-order valence-electron chi connectivity index (χ1n) is 8.00. The molecule has 1 N–H and O–H groups in total. The Hall–Kier alpha value is -3.49. The SMILES string of the molecule is CCOc1ccc(C(=O)OCC(=O)NCc2ccc(F)cc2)cc1[N+](=O)[O-]. The molecule has 9 heteroatoms. The van der Waals surface area contributed by atoms with Crippen molar-refractivity contribution in [2.45, 2.75) is 13.5 Å². The Morgan fingerprint density at radius 3 is 2.52 bits per heavy atom. The molecule has 0 aliphatic heterocycles. The number of hydrogen-bond acceptors (Lipinski definition) is 6. The van der Waals surface area contributed by atoms with Crippen molar-refractivity contribution in [3.8, 4) is 5.75 Å². The normalized spacial score (nSPS) is 10.1. The van der Waals surface area contributed by atoms with Gasteiger partial charge in [0.15, 0.2) is 12.4 Å². The Morgan fingerprint density at radius 2 is 1.89 bits per heavy atom. The van der Waals surface area contributed by atoms with E-state index in [1.165, 1.54) is 36.4 Å². The molecule has 0 bridgehead atoms. The highest BCUT2D eigenvalue weighted by Crippen LogP contribution is 2.28. The number of nitrogens with one attached hydrogen (secondary N) is 1. The summed E-state index contributed by atoms with van der Waals surface area (Å²) in [7, 11) is 0. The monoisotopic (exact) mass is 376 g/mol. The first-order chi connectivity index (χ1) is 12.9. The molecule has 0 atom stereocenters. The Morgan fingerprint density at radius 1 is 1.19 bits per heavy atom. The second-order valence-corrected chi connectivity index (χ2v) is 5.35. The van der Waals surface area contributed by atoms with Crippen LogP contribution < -0.4 is 10.1 Å². The van der Waals surface area contributed by atoms with Crippen LogP contribution in [0.5, 0.6) is 5.75 Å². The molecule has 0 fully saturated rings. The fourth-order valence-corrected chi connectivity index (χ4v) is 2.13. The summed E-state index contributed by atoms with van der Waals surface area (Å²) in [6.45, 7) is 1.50. The van der Waals surface area contributed by atoms with Gasteiger partial charge < -0.3 is 14.8 Å². The largest absolute Gasteiger partial charge is 0.487 e. The number of hydrogen-bond donors (Lipinski definition) is 1. The van der Waals surface area contributed by atoms with Crippen molar-refractivity contribution in [3.05, 3.63) is 69.5 Å². The molecule has 0 aliphatic carbocycles. The Kier molecular flexibility index (Phi) is 6.81. The van der Waals surface area contributed by atoms with E-state index in [0.29, 0.717) is 5.56 Å². The molecule has 0 spiro atoms. The van der Waals surface area contributed by atoms with Crippen LogP contribution in [0.3, 0.4) is 0 Å². The van der Waals surface area contributed by atoms with Gasteiger partial charge in [0.2, 0.25) is 0 Å². The summed E-state index contributed by atoms with van der Waals surface area (Å²) in [6.07, 6.45) is 0. The maximum absolute atomic E-state index is 12.8. The molecule has 0 heterocycles. The number of benzene rings is 2. The molecule has 2 aromatic rings. The predicted molar refractivity (Wildman–Crippen MR) is 92.8 cm³/mol. The molecule has 0 aromatic heterocycles. The standard InChI is InChI=1S/C18H17FN2O6/c1-2-26-16-8-5-13(9-15(16)21(24)25)18(23)27-11-17(22)20-10-12-3-6-14(19)7-4-12/h3-9H,2,10-11H2,1H3,(H,20,22). The minimum Gasteiger partial charge on any atom is -0.487 e. The fourth-order valence-electron chi connectivity index (χ4n) is 2.13. The third kappa shape index (κ3) is 5.77. The predicted octanol–water partition coefficient (Wildman–Crippen LogP) is 2.61. The molecule has 8 nitrogen and oxygen atoms in total. The average molecular weight is 376 g/mol. The highest BCUT2D eigenvalue weighted by atomic mass is 19.1. The quantitative estimate of drug-likeness (QED) is 0.431. The zero-order valence-corrected chi connectivity index (χ0v) is 14.4. The fraction of sp³-hybridized carbons (Fsp3) is 0.222. The van der Waals surface area contributed by atoms with Gasteiger partial charge in [0.25, 0.3) is 5.91 Å². The molecule has 2 aromatic carbocycles. The topological polar surface area (TPSA) is 108 Å². The van der Waals surface area contributed by atoms with Crippen molar-refractivity contribution < 1.29 is 28.4 Å². The lowest BCUT2D eigenvalue weighted by Gasteiger charge is -2.08. The minimum atomic E-state index is -0.877. The van der Waals surface area contributed by atoms with Gasteiger partial charge in [-0.05, 0) is 36.8 Å². The summed E-state index contributed by atoms with van der Waals surface area (Å²) in [5.74, 6) is -1.79. The number of ether oxygens (including phenoxy) is 2. The Balaban J connectivity index is 1.90. The van der Waals surface area contributed by atoms with E-state index in [-0.39, 0.29) is 36.0 Å². The van der Waals surface area contributed by atoms with Crippen LogP contribution in [0.25, 0.3) is 0 Å². The third-order valence-electron chi connectivity index (χ3n) is 3.43. The van der Waals surface area contributed by atoms with Gasteiger partial charge in [-0.25, -0.2) is 9.18 Å². The summed E-state index contributed by atoms with van der Waals surface area (Å²) >= 11 is 0. The van der Waals surface area contributed by atoms with E-state index in [9.17, 15) is 24.1 Å². The molecule has 2 rings (SSSR count). The van der Waals surface area contributed by atoms with Crippen molar-refractivity contribution in [2.24, 2.45) is 0 Å². The van der Waals surface area contributed by atoms with Gasteiger partial charge in [-0.1, -0.05) is 12.1 Å². The van der Waals surface area contributed by atoms with Crippen LogP contribution in [0.2, 0.25) is 0 Å². The lowest BCUT2D eigenvalue weighted by Crippen LogP contribution is -2.28. The number of rotatable bonds is 8. The molecule has 142 valence electrons. The maximum atomic E-state index is 12.8. The number of nitrogens with zero attached hydrogens (tertiary/aromatic N) is 1. The van der Waals surface area contributed by atoms with E-state index >= 15 is 0 Å². The lowest BCUT2D eigenvalue weighted by atomic mass is 10.2. The van der Waals surface area contributed by atoms with Crippen LogP contribution in [0, 0.1) is 15.9 Å². The summed E-state index contributed by atoms with van der Waals surface area (Å²) in [4.78, 5) is 34.1. The van der Waals surface area contributed by atoms with Crippen molar-refractivity contribution >= 4 is 17.6 Å². The van der Waals surface area contributed by atoms with E-state index in [2.05, 4.69) is 5.32 Å². The van der Waals surface area contributed by atoms with Gasteiger partial charge in [0.1, 0.15) is 5.82 Å². The number of nitro groups is 1. The van der Waals surface area contributed by atoms with E-state index in [4.69, 9.17) is 9.47 Å². The highest BCUT2D eigenvalue weighted by Gasteiger charge is 2.19. The van der Waals surface area contributed by atoms with Gasteiger partial charge in [-0.3, -0.25) is 14.9 Å². The van der Waals surface area contributed by atoms with Crippen molar-refractivity contribution in [3.63, 3.8) is 0 Å². The van der Waals surface area contributed by atoms with Crippen LogP contribution in [0.15, 0.2) is 42.5 Å². The van der Waals surface area contributed by atoms with Crippen LogP contribution in [-0.4, -0.2) is 30.0 Å². The first-order valence-corrected chi connectivity index (χ1v) is 8.00. The van der Waals surface area contributed by atoms with Crippen LogP contribution in [0.4, 0.5) is 10.1 Å². The molecule has 0 unspecified atom stereocenters. The smallest absolute Gasteiger partial charge is 0.338 e. The zero-order valence-electron chi connectivity index (χ0n) is 14.4. The maximum Gasteiger partial charge on any atom is 0.338 e. The Labute approximate surface area is 154 Å². The van der Waals surface area contributed by atoms with Crippen molar-refractivity contribution in [2.75, 3.05) is 13.2 Å². The van der Waals surface area contributed by atoms with E-state index < -0.39 is 23.4 Å². The van der Waals surface area contributed by atoms with Crippen molar-refractivity contribution in [1.29, 1.82) is 0 Å². The second-order valence-electron chi connectivity index (χ2n) is 5.35. The van der Waals surface area contributed by atoms with E-state index in [1.54, 1.807) is 6.92 Å². The second kappa shape index (κ2) is 9.27. The van der Waals surface area contributed by atoms with Gasteiger partial charge >= 0.3 is 11.7 Å². The summed E-state index contributed by atoms with van der Waals surface area (Å²) in [5, 5.41) is 13.6. The molecule has 1 amide bonds. The zero-order chi connectivity index (χ0) is 19.8. The van der Waals surface area contributed by atoms with Crippen molar-refractivity contribution in [1.82, 2.24) is 5.32 Å². The molecular formula is C18H17FN2O6. The molecule has 0 aliphatic rings. The molecule has 0 saturated heterocycles. The van der Waals surface area contributed by atoms with Gasteiger partial charge in [0.05, 0.1) is 17.1 Å². The number of halogens is 1. The van der Waals surface area contributed by atoms with Gasteiger partial charge in [-0.2, -0.15) is 0 Å². The molecular weight excluding hydrogens is 359 g/mol. The van der Waals surface area contributed by atoms with Crippen LogP contribution >= 0.6 is 0 Å². The van der Waals surface area contributed by atoms with Crippen LogP contribution in [-0.2, 0) is 16.1 Å². The molecule has 27 heavy (non-hydrogen) atoms. The first kappa shape index (κ1) is 19.8. The van der Waals surface area contributed by atoms with Gasteiger partial charge in [-0.15, -0.1) is 0 Å².